The van der Waals surface area contributed by atoms with Crippen molar-refractivity contribution in [2.75, 3.05) is 0 Å². The third-order valence-corrected chi connectivity index (χ3v) is 4.59. The summed E-state index contributed by atoms with van der Waals surface area (Å²) in [4.78, 5) is 0. The van der Waals surface area contributed by atoms with Gasteiger partial charge in [0.15, 0.2) is 0 Å². The molecule has 1 aromatic heterocycles. The number of hydrogen-bond donors (Lipinski definition) is 1. The van der Waals surface area contributed by atoms with Gasteiger partial charge in [-0.3, -0.25) is 0 Å². The van der Waals surface area contributed by atoms with E-state index in [1.165, 1.54) is 42.6 Å². The van der Waals surface area contributed by atoms with Gasteiger partial charge in [-0.15, -0.1) is 0 Å². The molecule has 0 radical (unpaired) electrons. The molecule has 0 saturated carbocycles. The molecule has 0 aliphatic carbocycles. The minimum Gasteiger partial charge on any atom is -0.372 e. The molecule has 1 unspecified atom stereocenters. The molecule has 0 amide bonds. The van der Waals surface area contributed by atoms with Crippen LogP contribution in [0.1, 0.15) is 11.1 Å². The highest BCUT2D eigenvalue weighted by Gasteiger charge is 2.56. The largest absolute Gasteiger partial charge is 0.425 e. The quantitative estimate of drug-likeness (QED) is 0.563. The molecule has 4 aromatic rings. The summed E-state index contributed by atoms with van der Waals surface area (Å²) in [5, 5.41) is 15.5. The van der Waals surface area contributed by atoms with Crippen LogP contribution in [0, 0.1) is 0 Å². The molecule has 0 aliphatic heterocycles. The van der Waals surface area contributed by atoms with Crippen molar-refractivity contribution in [3.63, 3.8) is 0 Å². The van der Waals surface area contributed by atoms with Crippen LogP contribution in [0.15, 0.2) is 85.1 Å². The third-order valence-electron chi connectivity index (χ3n) is 4.59. The highest BCUT2D eigenvalue weighted by atomic mass is 19.4. The van der Waals surface area contributed by atoms with Crippen molar-refractivity contribution in [1.82, 2.24) is 9.78 Å². The monoisotopic (exact) mass is 368 g/mol. The molecule has 136 valence electrons. The number of fused-ring (bicyclic) bond motifs is 1. The molecule has 1 heterocycles. The topological polar surface area (TPSA) is 38.1 Å². The fourth-order valence-electron chi connectivity index (χ4n) is 3.21. The molecule has 4 rings (SSSR count). The Morgan fingerprint density at radius 2 is 1.41 bits per heavy atom. The second-order valence-electron chi connectivity index (χ2n) is 6.24. The second-order valence-corrected chi connectivity index (χ2v) is 6.24. The molecule has 0 aliphatic rings. The molecule has 0 saturated heterocycles. The van der Waals surface area contributed by atoms with E-state index in [0.29, 0.717) is 10.9 Å². The number of benzene rings is 3. The van der Waals surface area contributed by atoms with Gasteiger partial charge in [0.25, 0.3) is 0 Å². The van der Waals surface area contributed by atoms with Crippen molar-refractivity contribution >= 4 is 10.9 Å². The number of aliphatic hydroxyl groups is 1. The van der Waals surface area contributed by atoms with Gasteiger partial charge in [-0.25, -0.2) is 4.68 Å². The van der Waals surface area contributed by atoms with Crippen LogP contribution in [0.2, 0.25) is 0 Å². The lowest BCUT2D eigenvalue weighted by Gasteiger charge is -2.31. The average molecular weight is 368 g/mol. The van der Waals surface area contributed by atoms with Gasteiger partial charge in [0, 0.05) is 5.39 Å². The third kappa shape index (κ3) is 2.78. The molecule has 1 atom stereocenters. The fraction of sp³-hybridized carbons (Fsp3) is 0.0952. The van der Waals surface area contributed by atoms with Crippen LogP contribution in [0.4, 0.5) is 13.2 Å². The van der Waals surface area contributed by atoms with E-state index < -0.39 is 11.8 Å². The first-order valence-corrected chi connectivity index (χ1v) is 8.29. The minimum absolute atomic E-state index is 0.229. The first kappa shape index (κ1) is 17.3. The molecule has 6 heteroatoms. The molecule has 0 spiro atoms. The van der Waals surface area contributed by atoms with Gasteiger partial charge in [0.05, 0.1) is 17.4 Å². The van der Waals surface area contributed by atoms with Crippen LogP contribution in [-0.2, 0) is 5.60 Å². The van der Waals surface area contributed by atoms with Gasteiger partial charge in [0.1, 0.15) is 0 Å². The summed E-state index contributed by atoms with van der Waals surface area (Å²) in [5.74, 6) is 0. The maximum Gasteiger partial charge on any atom is 0.425 e. The number of para-hydroxylation sites is 1. The number of hydrogen-bond acceptors (Lipinski definition) is 2. The SMILES string of the molecule is OC(c1ccccc1)(c1ccc2c(cnn2-c2ccccc2)c1)C(F)(F)F. The molecule has 0 bridgehead atoms. The van der Waals surface area contributed by atoms with E-state index in [1.807, 2.05) is 30.3 Å². The molecule has 3 aromatic carbocycles. The lowest BCUT2D eigenvalue weighted by molar-refractivity contribution is -0.248. The number of rotatable bonds is 3. The summed E-state index contributed by atoms with van der Waals surface area (Å²) in [7, 11) is 0. The molecular weight excluding hydrogens is 353 g/mol. The van der Waals surface area contributed by atoms with Crippen molar-refractivity contribution in [2.45, 2.75) is 11.8 Å². The molecule has 0 fully saturated rings. The van der Waals surface area contributed by atoms with E-state index in [0.717, 1.165) is 5.69 Å². The summed E-state index contributed by atoms with van der Waals surface area (Å²) in [6.07, 6.45) is -3.38. The van der Waals surface area contributed by atoms with Crippen LogP contribution < -0.4 is 0 Å². The summed E-state index contributed by atoms with van der Waals surface area (Å²) < 4.78 is 43.3. The highest BCUT2D eigenvalue weighted by molar-refractivity contribution is 5.81. The number of alkyl halides is 3. The summed E-state index contributed by atoms with van der Waals surface area (Å²) >= 11 is 0. The van der Waals surface area contributed by atoms with Gasteiger partial charge in [-0.05, 0) is 35.4 Å². The van der Waals surface area contributed by atoms with Crippen LogP contribution >= 0.6 is 0 Å². The standard InChI is InChI=1S/C21H15F3N2O/c22-21(23,24)20(27,16-7-3-1-4-8-16)17-11-12-19-15(13-17)14-25-26(19)18-9-5-2-6-10-18/h1-14,27H. The van der Waals surface area contributed by atoms with E-state index >= 15 is 0 Å². The number of nitrogens with zero attached hydrogens (tertiary/aromatic N) is 2. The Kier molecular flexibility index (Phi) is 4.00. The lowest BCUT2D eigenvalue weighted by Crippen LogP contribution is -2.43. The van der Waals surface area contributed by atoms with Crippen molar-refractivity contribution in [2.24, 2.45) is 0 Å². The Morgan fingerprint density at radius 1 is 0.778 bits per heavy atom. The summed E-state index contributed by atoms with van der Waals surface area (Å²) in [6, 6.07) is 20.6. The Hall–Kier alpha value is -3.12. The average Bonchev–Trinajstić information content (AvgIpc) is 3.11. The predicted molar refractivity (Wildman–Crippen MR) is 96.6 cm³/mol. The minimum atomic E-state index is -4.88. The Bertz CT molecular complexity index is 1070. The van der Waals surface area contributed by atoms with Gasteiger partial charge in [0.2, 0.25) is 5.60 Å². The van der Waals surface area contributed by atoms with Crippen LogP contribution in [0.25, 0.3) is 16.6 Å². The normalized spacial score (nSPS) is 14.2. The van der Waals surface area contributed by atoms with Gasteiger partial charge >= 0.3 is 6.18 Å². The maximum absolute atomic E-state index is 13.9. The Labute approximate surface area is 153 Å². The second kappa shape index (κ2) is 6.25. The summed E-state index contributed by atoms with van der Waals surface area (Å²) in [5.41, 5.74) is -2.12. The fourth-order valence-corrected chi connectivity index (χ4v) is 3.21. The van der Waals surface area contributed by atoms with Crippen molar-refractivity contribution in [3.05, 3.63) is 96.2 Å². The van der Waals surface area contributed by atoms with Gasteiger partial charge < -0.3 is 5.11 Å². The van der Waals surface area contributed by atoms with E-state index in [4.69, 9.17) is 0 Å². The van der Waals surface area contributed by atoms with E-state index in [2.05, 4.69) is 5.10 Å². The first-order valence-electron chi connectivity index (χ1n) is 8.29. The number of aromatic nitrogens is 2. The lowest BCUT2D eigenvalue weighted by atomic mass is 9.85. The molecule has 27 heavy (non-hydrogen) atoms. The smallest absolute Gasteiger partial charge is 0.372 e. The van der Waals surface area contributed by atoms with Crippen LogP contribution in [0.5, 0.6) is 0 Å². The van der Waals surface area contributed by atoms with Gasteiger partial charge in [-0.2, -0.15) is 18.3 Å². The van der Waals surface area contributed by atoms with Crippen LogP contribution in [0.3, 0.4) is 0 Å². The molecule has 1 N–H and O–H groups in total. The zero-order chi connectivity index (χ0) is 19.1. The van der Waals surface area contributed by atoms with Crippen molar-refractivity contribution in [3.8, 4) is 5.69 Å². The van der Waals surface area contributed by atoms with Gasteiger partial charge in [-0.1, -0.05) is 54.6 Å². The van der Waals surface area contributed by atoms with E-state index in [1.54, 1.807) is 16.8 Å². The zero-order valence-corrected chi connectivity index (χ0v) is 14.1. The first-order chi connectivity index (χ1) is 12.9. The highest BCUT2D eigenvalue weighted by Crippen LogP contribution is 2.44. The molecule has 3 nitrogen and oxygen atoms in total. The zero-order valence-electron chi connectivity index (χ0n) is 14.1. The molecular formula is C21H15F3N2O. The summed E-state index contributed by atoms with van der Waals surface area (Å²) in [6.45, 7) is 0. The predicted octanol–water partition coefficient (Wildman–Crippen LogP) is 4.82. The maximum atomic E-state index is 13.9. The van der Waals surface area contributed by atoms with E-state index in [-0.39, 0.29) is 11.1 Å². The van der Waals surface area contributed by atoms with E-state index in [9.17, 15) is 18.3 Å². The van der Waals surface area contributed by atoms with Crippen LogP contribution in [-0.4, -0.2) is 21.1 Å². The Balaban J connectivity index is 1.88. The Morgan fingerprint density at radius 3 is 2.04 bits per heavy atom. The number of halogens is 3. The van der Waals surface area contributed by atoms with Crippen molar-refractivity contribution in [1.29, 1.82) is 0 Å². The van der Waals surface area contributed by atoms with Crippen molar-refractivity contribution < 1.29 is 18.3 Å².